The number of rotatable bonds is 1. The van der Waals surface area contributed by atoms with E-state index in [1.807, 2.05) is 0 Å². The number of fused-ring (bicyclic) bond motifs is 2. The molecule has 2 bridgehead atoms. The second-order valence-electron chi connectivity index (χ2n) is 4.98. The van der Waals surface area contributed by atoms with Gasteiger partial charge in [0.05, 0.1) is 11.8 Å². The third kappa shape index (κ3) is 1.11. The minimum atomic E-state index is 0.501. The van der Waals surface area contributed by atoms with E-state index in [1.54, 1.807) is 0 Å². The van der Waals surface area contributed by atoms with Gasteiger partial charge in [0, 0.05) is 5.92 Å². The average Bonchev–Trinajstić information content (AvgIpc) is 2.92. The highest BCUT2D eigenvalue weighted by molar-refractivity contribution is 5.94. The molecule has 3 heteroatoms. The van der Waals surface area contributed by atoms with Crippen molar-refractivity contribution >= 4 is 5.71 Å². The molecule has 1 saturated heterocycles. The van der Waals surface area contributed by atoms with Crippen molar-refractivity contribution in [1.82, 2.24) is 4.90 Å². The van der Waals surface area contributed by atoms with Gasteiger partial charge in [0.25, 0.3) is 0 Å². The number of likely N-dealkylation sites (tertiary alicyclic amines) is 1. The first-order valence-corrected chi connectivity index (χ1v) is 5.86. The van der Waals surface area contributed by atoms with Gasteiger partial charge in [0.2, 0.25) is 0 Å². The van der Waals surface area contributed by atoms with Gasteiger partial charge in [0.1, 0.15) is 0 Å². The molecule has 78 valence electrons. The molecular weight excluding hydrogens is 176 g/mol. The highest BCUT2D eigenvalue weighted by atomic mass is 16.4. The smallest absolute Gasteiger partial charge is 0.0775 e. The minimum Gasteiger partial charge on any atom is -0.411 e. The summed E-state index contributed by atoms with van der Waals surface area (Å²) in [6.07, 6.45) is 6.54. The Bertz CT molecular complexity index is 258. The van der Waals surface area contributed by atoms with Crippen LogP contribution in [-0.2, 0) is 0 Å². The van der Waals surface area contributed by atoms with E-state index in [2.05, 4.69) is 10.1 Å². The molecule has 1 N–H and O–H groups in total. The lowest BCUT2D eigenvalue weighted by molar-refractivity contribution is 0.230. The second-order valence-corrected chi connectivity index (χ2v) is 4.98. The van der Waals surface area contributed by atoms with Gasteiger partial charge in [-0.1, -0.05) is 5.16 Å². The van der Waals surface area contributed by atoms with E-state index in [4.69, 9.17) is 5.21 Å². The van der Waals surface area contributed by atoms with Crippen molar-refractivity contribution in [1.29, 1.82) is 0 Å². The third-order valence-corrected chi connectivity index (χ3v) is 4.29. The molecule has 0 radical (unpaired) electrons. The molecule has 3 rings (SSSR count). The zero-order chi connectivity index (χ0) is 9.54. The highest BCUT2D eigenvalue weighted by Crippen LogP contribution is 2.45. The first-order valence-electron chi connectivity index (χ1n) is 5.86. The quantitative estimate of drug-likeness (QED) is 0.509. The van der Waals surface area contributed by atoms with Crippen LogP contribution in [0.3, 0.4) is 0 Å². The molecule has 0 aromatic heterocycles. The lowest BCUT2D eigenvalue weighted by atomic mass is 9.92. The van der Waals surface area contributed by atoms with Crippen LogP contribution in [0.25, 0.3) is 0 Å². The van der Waals surface area contributed by atoms with Gasteiger partial charge in [-0.2, -0.15) is 0 Å². The summed E-state index contributed by atoms with van der Waals surface area (Å²) >= 11 is 0. The van der Waals surface area contributed by atoms with E-state index >= 15 is 0 Å². The first kappa shape index (κ1) is 8.72. The highest BCUT2D eigenvalue weighted by Gasteiger charge is 2.48. The van der Waals surface area contributed by atoms with Gasteiger partial charge in [-0.3, -0.25) is 4.90 Å². The molecule has 3 nitrogen and oxygen atoms in total. The van der Waals surface area contributed by atoms with Gasteiger partial charge in [-0.15, -0.1) is 0 Å². The maximum atomic E-state index is 9.08. The Morgan fingerprint density at radius 1 is 1.21 bits per heavy atom. The van der Waals surface area contributed by atoms with E-state index in [1.165, 1.54) is 45.2 Å². The summed E-state index contributed by atoms with van der Waals surface area (Å²) in [5.74, 6) is 1.40. The summed E-state index contributed by atoms with van der Waals surface area (Å²) in [7, 11) is 0. The summed E-state index contributed by atoms with van der Waals surface area (Å²) < 4.78 is 0. The molecule has 3 unspecified atom stereocenters. The van der Waals surface area contributed by atoms with Gasteiger partial charge >= 0.3 is 0 Å². The Balaban J connectivity index is 1.83. The molecule has 1 heterocycles. The summed E-state index contributed by atoms with van der Waals surface area (Å²) in [5, 5.41) is 12.7. The lowest BCUT2D eigenvalue weighted by Gasteiger charge is -2.31. The molecule has 3 aliphatic rings. The Morgan fingerprint density at radius 3 is 2.71 bits per heavy atom. The zero-order valence-corrected chi connectivity index (χ0v) is 8.52. The lowest BCUT2D eigenvalue weighted by Crippen LogP contribution is -2.43. The SMILES string of the molecule is O/N=C1/C2CCC(C2)C1N1CCCC1. The molecule has 0 spiro atoms. The van der Waals surface area contributed by atoms with Crippen LogP contribution in [0.1, 0.15) is 32.1 Å². The standard InChI is InChI=1S/C11H18N2O/c14-12-10-8-3-4-9(7-8)11(10)13-5-1-2-6-13/h8-9,11,14H,1-7H2/b12-10-. The van der Waals surface area contributed by atoms with Crippen molar-refractivity contribution in [2.45, 2.75) is 38.1 Å². The van der Waals surface area contributed by atoms with Crippen molar-refractivity contribution in [3.05, 3.63) is 0 Å². The number of nitrogens with zero attached hydrogens (tertiary/aromatic N) is 2. The Hall–Kier alpha value is -0.570. The molecule has 0 aromatic rings. The van der Waals surface area contributed by atoms with Crippen molar-refractivity contribution in [3.8, 4) is 0 Å². The van der Waals surface area contributed by atoms with Crippen molar-refractivity contribution in [3.63, 3.8) is 0 Å². The molecule has 3 atom stereocenters. The third-order valence-electron chi connectivity index (χ3n) is 4.29. The molecule has 3 fully saturated rings. The number of hydrogen-bond acceptors (Lipinski definition) is 3. The summed E-state index contributed by atoms with van der Waals surface area (Å²) in [5.41, 5.74) is 1.10. The monoisotopic (exact) mass is 194 g/mol. The topological polar surface area (TPSA) is 35.8 Å². The summed E-state index contributed by atoms with van der Waals surface area (Å²) in [6.45, 7) is 2.43. The number of oxime groups is 1. The van der Waals surface area contributed by atoms with E-state index in [-0.39, 0.29) is 0 Å². The van der Waals surface area contributed by atoms with Crippen LogP contribution in [0.2, 0.25) is 0 Å². The second kappa shape index (κ2) is 3.23. The molecule has 0 aromatic carbocycles. The predicted octanol–water partition coefficient (Wildman–Crippen LogP) is 1.71. The molecule has 2 saturated carbocycles. The summed E-state index contributed by atoms with van der Waals surface area (Å²) in [4.78, 5) is 2.54. The Morgan fingerprint density at radius 2 is 2.00 bits per heavy atom. The molecule has 14 heavy (non-hydrogen) atoms. The number of hydrogen-bond donors (Lipinski definition) is 1. The van der Waals surface area contributed by atoms with Crippen molar-refractivity contribution in [2.75, 3.05) is 13.1 Å². The maximum Gasteiger partial charge on any atom is 0.0775 e. The van der Waals surface area contributed by atoms with Crippen LogP contribution >= 0.6 is 0 Å². The van der Waals surface area contributed by atoms with Crippen LogP contribution in [0.15, 0.2) is 5.16 Å². The van der Waals surface area contributed by atoms with E-state index in [0.29, 0.717) is 12.0 Å². The summed E-state index contributed by atoms with van der Waals surface area (Å²) in [6, 6.07) is 0.501. The average molecular weight is 194 g/mol. The Kier molecular flexibility index (Phi) is 2.01. The van der Waals surface area contributed by atoms with Crippen LogP contribution in [0, 0.1) is 11.8 Å². The molecular formula is C11H18N2O. The van der Waals surface area contributed by atoms with E-state index in [0.717, 1.165) is 11.6 Å². The van der Waals surface area contributed by atoms with Crippen LogP contribution < -0.4 is 0 Å². The van der Waals surface area contributed by atoms with Crippen molar-refractivity contribution < 1.29 is 5.21 Å². The fourth-order valence-corrected chi connectivity index (χ4v) is 3.70. The van der Waals surface area contributed by atoms with Gasteiger partial charge in [-0.25, -0.2) is 0 Å². The predicted molar refractivity (Wildman–Crippen MR) is 54.6 cm³/mol. The first-order chi connectivity index (χ1) is 6.90. The molecule has 1 aliphatic heterocycles. The van der Waals surface area contributed by atoms with Crippen LogP contribution in [-0.4, -0.2) is 35.0 Å². The molecule has 0 amide bonds. The zero-order valence-electron chi connectivity index (χ0n) is 8.52. The Labute approximate surface area is 84.8 Å². The van der Waals surface area contributed by atoms with E-state index in [9.17, 15) is 0 Å². The molecule has 2 aliphatic carbocycles. The van der Waals surface area contributed by atoms with Crippen molar-refractivity contribution in [2.24, 2.45) is 17.0 Å². The fraction of sp³-hybridized carbons (Fsp3) is 0.909. The largest absolute Gasteiger partial charge is 0.411 e. The van der Waals surface area contributed by atoms with E-state index < -0.39 is 0 Å². The van der Waals surface area contributed by atoms with Gasteiger partial charge in [0.15, 0.2) is 0 Å². The van der Waals surface area contributed by atoms with Gasteiger partial charge in [-0.05, 0) is 51.1 Å². The van der Waals surface area contributed by atoms with Crippen LogP contribution in [0.5, 0.6) is 0 Å². The fourth-order valence-electron chi connectivity index (χ4n) is 3.70. The van der Waals surface area contributed by atoms with Crippen LogP contribution in [0.4, 0.5) is 0 Å². The van der Waals surface area contributed by atoms with Gasteiger partial charge < -0.3 is 5.21 Å². The normalized spacial score (nSPS) is 45.4. The maximum absolute atomic E-state index is 9.08. The minimum absolute atomic E-state index is 0.501.